The van der Waals surface area contributed by atoms with Crippen LogP contribution in [0, 0.1) is 11.7 Å². The highest BCUT2D eigenvalue weighted by atomic mass is 19.4. The number of carbonyl (C=O) groups is 1. The Morgan fingerprint density at radius 1 is 1.30 bits per heavy atom. The molecular formula is C21H15F5N6O. The predicted molar refractivity (Wildman–Crippen MR) is 109 cm³/mol. The molecule has 5 rings (SSSR count). The number of H-pyrrole nitrogens is 1. The van der Waals surface area contributed by atoms with E-state index in [-0.39, 0.29) is 45.6 Å². The van der Waals surface area contributed by atoms with Crippen LogP contribution in [-0.2, 0) is 11.0 Å². The van der Waals surface area contributed by atoms with Crippen LogP contribution in [0.4, 0.5) is 27.8 Å². The first kappa shape index (κ1) is 21.0. The van der Waals surface area contributed by atoms with E-state index in [2.05, 4.69) is 32.1 Å². The molecule has 1 fully saturated rings. The zero-order valence-electron chi connectivity index (χ0n) is 17.0. The van der Waals surface area contributed by atoms with Crippen molar-refractivity contribution >= 4 is 33.8 Å². The van der Waals surface area contributed by atoms with Crippen LogP contribution in [0.3, 0.4) is 0 Å². The number of hydrogen-bond acceptors (Lipinski definition) is 4. The molecule has 7 nitrogen and oxygen atoms in total. The van der Waals surface area contributed by atoms with Gasteiger partial charge >= 0.3 is 6.18 Å². The molecule has 1 amide bonds. The van der Waals surface area contributed by atoms with Crippen molar-refractivity contribution in [3.05, 3.63) is 48.3 Å². The zero-order chi connectivity index (χ0) is 23.7. The summed E-state index contributed by atoms with van der Waals surface area (Å²) in [6, 6.07) is 0. The lowest BCUT2D eigenvalue weighted by Gasteiger charge is -2.18. The molecule has 0 saturated heterocycles. The van der Waals surface area contributed by atoms with Crippen molar-refractivity contribution in [1.82, 2.24) is 24.6 Å². The molecule has 1 saturated carbocycles. The summed E-state index contributed by atoms with van der Waals surface area (Å²) in [5.74, 6) is -2.66. The van der Waals surface area contributed by atoms with E-state index in [1.165, 1.54) is 36.1 Å². The molecule has 0 unspecified atom stereocenters. The van der Waals surface area contributed by atoms with Crippen molar-refractivity contribution in [3.8, 4) is 11.3 Å². The highest BCUT2D eigenvalue weighted by Gasteiger charge is 2.44. The number of nitrogens with zero attached hydrogens (tertiary/aromatic N) is 4. The normalized spacial score (nSPS) is 18.1. The smallest absolute Gasteiger partial charge is 0.309 e. The van der Waals surface area contributed by atoms with Gasteiger partial charge in [0.2, 0.25) is 5.91 Å². The molecule has 3 aromatic heterocycles. The summed E-state index contributed by atoms with van der Waals surface area (Å²) < 4.78 is 71.7. The van der Waals surface area contributed by atoms with Gasteiger partial charge in [0.15, 0.2) is 11.5 Å². The van der Waals surface area contributed by atoms with Gasteiger partial charge < -0.3 is 9.72 Å². The molecule has 0 aliphatic heterocycles. The number of hydrogen-bond donors (Lipinski definition) is 2. The first-order valence-corrected chi connectivity index (χ1v) is 9.78. The summed E-state index contributed by atoms with van der Waals surface area (Å²) in [4.78, 5) is 20.1. The van der Waals surface area contributed by atoms with Crippen LogP contribution in [0.25, 0.3) is 33.4 Å². The third kappa shape index (κ3) is 3.41. The van der Waals surface area contributed by atoms with Crippen LogP contribution in [0.5, 0.6) is 0 Å². The van der Waals surface area contributed by atoms with Gasteiger partial charge in [-0.1, -0.05) is 6.58 Å². The highest BCUT2D eigenvalue weighted by molar-refractivity contribution is 6.01. The minimum atomic E-state index is -5.03. The van der Waals surface area contributed by atoms with Crippen LogP contribution >= 0.6 is 0 Å². The third-order valence-electron chi connectivity index (χ3n) is 5.46. The van der Waals surface area contributed by atoms with E-state index in [0.717, 1.165) is 0 Å². The number of aromatic nitrogens is 5. The fourth-order valence-corrected chi connectivity index (χ4v) is 3.82. The van der Waals surface area contributed by atoms with Gasteiger partial charge in [-0.2, -0.15) is 18.3 Å². The van der Waals surface area contributed by atoms with Gasteiger partial charge in [0.25, 0.3) is 0 Å². The average molecular weight is 462 g/mol. The molecule has 0 spiro atoms. The first-order chi connectivity index (χ1) is 15.6. The molecule has 0 bridgehead atoms. The molecule has 2 atom stereocenters. The Morgan fingerprint density at radius 2 is 2.03 bits per heavy atom. The van der Waals surface area contributed by atoms with E-state index in [1.54, 1.807) is 0 Å². The molecule has 0 radical (unpaired) electrons. The van der Waals surface area contributed by atoms with Crippen molar-refractivity contribution < 1.29 is 26.7 Å². The van der Waals surface area contributed by atoms with E-state index < -0.39 is 41.1 Å². The minimum absolute atomic E-state index is 0.0185. The number of alkyl halides is 4. The van der Waals surface area contributed by atoms with Crippen molar-refractivity contribution in [1.29, 1.82) is 0 Å². The van der Waals surface area contributed by atoms with Gasteiger partial charge in [-0.05, 0) is 18.9 Å². The van der Waals surface area contributed by atoms with Crippen LogP contribution < -0.4 is 5.32 Å². The number of benzene rings is 1. The number of rotatable bonds is 4. The van der Waals surface area contributed by atoms with Crippen molar-refractivity contribution in [2.24, 2.45) is 5.92 Å². The van der Waals surface area contributed by atoms with Gasteiger partial charge in [-0.25, -0.2) is 13.8 Å². The second kappa shape index (κ2) is 7.09. The summed E-state index contributed by atoms with van der Waals surface area (Å²) >= 11 is 0. The van der Waals surface area contributed by atoms with Gasteiger partial charge in [0, 0.05) is 22.7 Å². The Bertz CT molecular complexity index is 1450. The summed E-state index contributed by atoms with van der Waals surface area (Å²) in [5, 5.41) is 8.82. The number of aromatic amines is 1. The van der Waals surface area contributed by atoms with E-state index in [4.69, 9.17) is 0 Å². The molecule has 170 valence electrons. The SMILES string of the molecule is C=C(C)c1c(F)c(C(F)(F)F)c(-c2cn3cc(NC(=O)[C@@H]4C[C@@H]4F)nc3cn2)c2cn[nH]c12. The lowest BCUT2D eigenvalue weighted by Crippen LogP contribution is -2.15. The van der Waals surface area contributed by atoms with Gasteiger partial charge in [-0.3, -0.25) is 14.9 Å². The number of anilines is 1. The second-order valence-electron chi connectivity index (χ2n) is 7.89. The summed E-state index contributed by atoms with van der Waals surface area (Å²) in [7, 11) is 0. The number of amides is 1. The number of nitrogens with one attached hydrogen (secondary N) is 2. The molecule has 2 N–H and O–H groups in total. The summed E-state index contributed by atoms with van der Waals surface area (Å²) in [6.45, 7) is 4.99. The number of halogens is 5. The van der Waals surface area contributed by atoms with Crippen LogP contribution in [0.2, 0.25) is 0 Å². The largest absolute Gasteiger partial charge is 0.419 e. The molecule has 33 heavy (non-hydrogen) atoms. The maximum Gasteiger partial charge on any atom is 0.419 e. The second-order valence-corrected chi connectivity index (χ2v) is 7.89. The number of allylic oxidation sites excluding steroid dienone is 1. The molecule has 3 heterocycles. The maximum atomic E-state index is 15.2. The van der Waals surface area contributed by atoms with Gasteiger partial charge in [-0.15, -0.1) is 0 Å². The number of fused-ring (bicyclic) bond motifs is 2. The van der Waals surface area contributed by atoms with Crippen LogP contribution in [0.15, 0.2) is 31.4 Å². The van der Waals surface area contributed by atoms with Crippen LogP contribution in [-0.4, -0.2) is 36.6 Å². The Kier molecular flexibility index (Phi) is 4.52. The van der Waals surface area contributed by atoms with Gasteiger partial charge in [0.1, 0.15) is 17.6 Å². The predicted octanol–water partition coefficient (Wildman–Crippen LogP) is 4.76. The maximum absolute atomic E-state index is 15.2. The molecule has 1 aromatic carbocycles. The monoisotopic (exact) mass is 462 g/mol. The Balaban J connectivity index is 1.68. The third-order valence-corrected chi connectivity index (χ3v) is 5.46. The fourth-order valence-electron chi connectivity index (χ4n) is 3.82. The van der Waals surface area contributed by atoms with E-state index in [1.807, 2.05) is 0 Å². The Hall–Kier alpha value is -3.83. The van der Waals surface area contributed by atoms with Crippen molar-refractivity contribution in [2.45, 2.75) is 25.7 Å². The van der Waals surface area contributed by atoms with Crippen molar-refractivity contribution in [2.75, 3.05) is 5.32 Å². The molecule has 12 heteroatoms. The lowest BCUT2D eigenvalue weighted by molar-refractivity contribution is -0.139. The zero-order valence-corrected chi connectivity index (χ0v) is 17.0. The Labute approximate surface area is 182 Å². The van der Waals surface area contributed by atoms with E-state index in [0.29, 0.717) is 0 Å². The molecular weight excluding hydrogens is 447 g/mol. The van der Waals surface area contributed by atoms with Crippen LogP contribution in [0.1, 0.15) is 24.5 Å². The fraction of sp³-hybridized carbons (Fsp3) is 0.238. The van der Waals surface area contributed by atoms with Crippen molar-refractivity contribution in [3.63, 3.8) is 0 Å². The topological polar surface area (TPSA) is 88.0 Å². The van der Waals surface area contributed by atoms with E-state index >= 15 is 4.39 Å². The summed E-state index contributed by atoms with van der Waals surface area (Å²) in [5.41, 5.74) is -2.09. The molecule has 4 aromatic rings. The average Bonchev–Trinajstić information content (AvgIpc) is 3.10. The lowest BCUT2D eigenvalue weighted by atomic mass is 9.93. The molecule has 1 aliphatic carbocycles. The molecule has 1 aliphatic rings. The quantitative estimate of drug-likeness (QED) is 0.428. The Morgan fingerprint density at radius 3 is 2.67 bits per heavy atom. The first-order valence-electron chi connectivity index (χ1n) is 9.78. The summed E-state index contributed by atoms with van der Waals surface area (Å²) in [6.07, 6.45) is -1.14. The standard InChI is InChI=1S/C21H15F5N6O/c1-8(2)15-18(23)17(21(24,25)26)16(10-4-28-31-19(10)15)12-6-32-7-13(29-14(32)5-27-12)30-20(33)9-3-11(9)22/h4-7,9,11H,1,3H2,2H3,(H,28,31)(H,30,33)/t9-,11+/m1/s1. The highest BCUT2D eigenvalue weighted by Crippen LogP contribution is 2.45. The minimum Gasteiger partial charge on any atom is -0.309 e. The number of carbonyl (C=O) groups excluding carboxylic acids is 1. The van der Waals surface area contributed by atoms with E-state index in [9.17, 15) is 22.4 Å². The number of imidazole rings is 1. The van der Waals surface area contributed by atoms with Gasteiger partial charge in [0.05, 0.1) is 35.7 Å².